The highest BCUT2D eigenvalue weighted by Crippen LogP contribution is 2.10. The molecule has 8 heteroatoms. The van der Waals surface area contributed by atoms with Crippen molar-refractivity contribution in [3.63, 3.8) is 0 Å². The summed E-state index contributed by atoms with van der Waals surface area (Å²) in [6.45, 7) is 18.6. The zero-order chi connectivity index (χ0) is 27.9. The van der Waals surface area contributed by atoms with Gasteiger partial charge in [0.25, 0.3) is 0 Å². The van der Waals surface area contributed by atoms with E-state index < -0.39 is 11.7 Å². The monoisotopic (exact) mass is 489 g/mol. The standard InChI is InChI=1S/C21H33N5O3.2C2H6.C2H2/c1-7-12-23-19-17(14-24-16(2)25-19)11-9-8-10-13-22-18(27)15-26(6)20(28)29-21(3,4)5;3*1-2/h14H,7-8,10,12-13,15H2,1-6H3,(H,22,27)(H,23,24,25);2*1-2H3;1-2H. The maximum absolute atomic E-state index is 11.9. The zero-order valence-electron chi connectivity index (χ0n) is 23.5. The van der Waals surface area contributed by atoms with Crippen LogP contribution in [0.25, 0.3) is 0 Å². The Hall–Kier alpha value is -3.26. The number of hydrogen-bond acceptors (Lipinski definition) is 6. The van der Waals surface area contributed by atoms with Crippen LogP contribution < -0.4 is 10.6 Å². The number of likely N-dealkylation sites (N-methyl/N-ethyl adjacent to an activating group) is 1. The van der Waals surface area contributed by atoms with E-state index in [1.165, 1.54) is 11.9 Å². The molecular weight excluding hydrogens is 442 g/mol. The molecule has 0 bridgehead atoms. The second kappa shape index (κ2) is 22.5. The van der Waals surface area contributed by atoms with E-state index in [-0.39, 0.29) is 12.5 Å². The van der Waals surface area contributed by atoms with Crippen LogP contribution in [0.5, 0.6) is 0 Å². The van der Waals surface area contributed by atoms with Crippen molar-refractivity contribution in [2.45, 2.75) is 87.2 Å². The third-order valence-corrected chi connectivity index (χ3v) is 3.56. The second-order valence-electron chi connectivity index (χ2n) is 7.70. The zero-order valence-corrected chi connectivity index (χ0v) is 23.5. The Morgan fingerprint density at radius 1 is 1.14 bits per heavy atom. The maximum atomic E-state index is 11.9. The molecule has 0 fully saturated rings. The Morgan fingerprint density at radius 2 is 1.74 bits per heavy atom. The fourth-order valence-electron chi connectivity index (χ4n) is 2.18. The number of nitrogens with zero attached hydrogens (tertiary/aromatic N) is 3. The molecule has 0 saturated carbocycles. The molecular formula is C27H47N5O3. The summed E-state index contributed by atoms with van der Waals surface area (Å²) in [6, 6.07) is 0. The van der Waals surface area contributed by atoms with Crippen molar-refractivity contribution in [1.82, 2.24) is 20.2 Å². The number of aryl methyl sites for hydroxylation is 1. The molecule has 2 N–H and O–H groups in total. The summed E-state index contributed by atoms with van der Waals surface area (Å²) in [5.74, 6) is 7.40. The van der Waals surface area contributed by atoms with Gasteiger partial charge in [0.1, 0.15) is 23.8 Å². The largest absolute Gasteiger partial charge is 0.444 e. The molecule has 8 nitrogen and oxygen atoms in total. The van der Waals surface area contributed by atoms with Crippen LogP contribution in [-0.2, 0) is 9.53 Å². The molecule has 35 heavy (non-hydrogen) atoms. The van der Waals surface area contributed by atoms with E-state index in [2.05, 4.69) is 52.2 Å². The van der Waals surface area contributed by atoms with Crippen LogP contribution in [0, 0.1) is 31.6 Å². The van der Waals surface area contributed by atoms with Gasteiger partial charge < -0.3 is 20.3 Å². The summed E-state index contributed by atoms with van der Waals surface area (Å²) in [4.78, 5) is 33.6. The van der Waals surface area contributed by atoms with Crippen LogP contribution in [0.2, 0.25) is 0 Å². The normalized spacial score (nSPS) is 9.14. The highest BCUT2D eigenvalue weighted by molar-refractivity contribution is 5.82. The predicted octanol–water partition coefficient (Wildman–Crippen LogP) is 5.02. The van der Waals surface area contributed by atoms with Gasteiger partial charge in [-0.3, -0.25) is 4.79 Å². The molecule has 0 radical (unpaired) electrons. The molecule has 1 aromatic rings. The molecule has 1 rings (SSSR count). The highest BCUT2D eigenvalue weighted by Gasteiger charge is 2.20. The first-order chi connectivity index (χ1) is 16.6. The summed E-state index contributed by atoms with van der Waals surface area (Å²) in [7, 11) is 1.53. The number of amides is 2. The fraction of sp³-hybridized carbons (Fsp3) is 0.630. The van der Waals surface area contributed by atoms with E-state index in [0.717, 1.165) is 24.3 Å². The van der Waals surface area contributed by atoms with E-state index in [9.17, 15) is 9.59 Å². The number of ether oxygens (including phenoxy) is 1. The summed E-state index contributed by atoms with van der Waals surface area (Å²) in [6.07, 6.45) is 11.5. The summed E-state index contributed by atoms with van der Waals surface area (Å²) in [5.41, 5.74) is 0.182. The van der Waals surface area contributed by atoms with Gasteiger partial charge in [-0.1, -0.05) is 46.5 Å². The predicted molar refractivity (Wildman–Crippen MR) is 146 cm³/mol. The molecule has 0 aromatic carbocycles. The number of unbranched alkanes of at least 4 members (excludes halogenated alkanes) is 1. The fourth-order valence-corrected chi connectivity index (χ4v) is 2.18. The Kier molecular flexibility index (Phi) is 23.4. The number of hydrogen-bond donors (Lipinski definition) is 2. The minimum absolute atomic E-state index is 0.0479. The van der Waals surface area contributed by atoms with Crippen molar-refractivity contribution >= 4 is 17.8 Å². The van der Waals surface area contributed by atoms with E-state index in [0.29, 0.717) is 25.2 Å². The Bertz CT molecular complexity index is 789. The SMILES string of the molecule is C#C.CC.CC.CCCNc1nc(C)ncc1C#CCCCNC(=O)CN(C)C(=O)OC(C)(C)C. The third kappa shape index (κ3) is 19.9. The van der Waals surface area contributed by atoms with Crippen LogP contribution in [0.4, 0.5) is 10.6 Å². The van der Waals surface area contributed by atoms with E-state index in [4.69, 9.17) is 4.74 Å². The topological polar surface area (TPSA) is 96.5 Å². The Balaban J connectivity index is -0.00000158. The molecule has 1 heterocycles. The first-order valence-corrected chi connectivity index (χ1v) is 12.2. The van der Waals surface area contributed by atoms with Gasteiger partial charge in [0.05, 0.1) is 5.56 Å². The summed E-state index contributed by atoms with van der Waals surface area (Å²) in [5, 5.41) is 6.04. The number of rotatable bonds is 8. The minimum Gasteiger partial charge on any atom is -0.444 e. The molecule has 0 unspecified atom stereocenters. The molecule has 2 amide bonds. The number of carbonyl (C=O) groups excluding carboxylic acids is 2. The summed E-state index contributed by atoms with van der Waals surface area (Å²) >= 11 is 0. The van der Waals surface area contributed by atoms with Crippen LogP contribution in [0.1, 0.15) is 86.0 Å². The summed E-state index contributed by atoms with van der Waals surface area (Å²) < 4.78 is 5.21. The van der Waals surface area contributed by atoms with Gasteiger partial charge in [-0.25, -0.2) is 14.8 Å². The molecule has 1 aromatic heterocycles. The number of anilines is 1. The lowest BCUT2D eigenvalue weighted by molar-refractivity contribution is -0.122. The average molecular weight is 490 g/mol. The lowest BCUT2D eigenvalue weighted by atomic mass is 10.2. The molecule has 0 saturated heterocycles. The number of carbonyl (C=O) groups is 2. The van der Waals surface area contributed by atoms with E-state index >= 15 is 0 Å². The smallest absolute Gasteiger partial charge is 0.410 e. The van der Waals surface area contributed by atoms with Crippen molar-refractivity contribution in [2.75, 3.05) is 32.0 Å². The van der Waals surface area contributed by atoms with Crippen LogP contribution in [0.15, 0.2) is 6.20 Å². The first-order valence-electron chi connectivity index (χ1n) is 12.2. The average Bonchev–Trinajstić information content (AvgIpc) is 2.83. The van der Waals surface area contributed by atoms with Crippen LogP contribution in [0.3, 0.4) is 0 Å². The molecule has 0 aliphatic carbocycles. The van der Waals surface area contributed by atoms with E-state index in [1.54, 1.807) is 27.0 Å². The van der Waals surface area contributed by atoms with Crippen molar-refractivity contribution < 1.29 is 14.3 Å². The lowest BCUT2D eigenvalue weighted by Gasteiger charge is -2.24. The van der Waals surface area contributed by atoms with Crippen molar-refractivity contribution in [3.05, 3.63) is 17.6 Å². The highest BCUT2D eigenvalue weighted by atomic mass is 16.6. The number of terminal acetylenes is 1. The first kappa shape index (κ1) is 36.3. The Labute approximate surface area is 214 Å². The molecule has 198 valence electrons. The van der Waals surface area contributed by atoms with Crippen LogP contribution >= 0.6 is 0 Å². The van der Waals surface area contributed by atoms with Gasteiger partial charge in [-0.15, -0.1) is 12.8 Å². The second-order valence-corrected chi connectivity index (χ2v) is 7.70. The van der Waals surface area contributed by atoms with Crippen LogP contribution in [-0.4, -0.2) is 59.2 Å². The van der Waals surface area contributed by atoms with Gasteiger partial charge in [-0.05, 0) is 40.5 Å². The molecule has 0 spiro atoms. The Morgan fingerprint density at radius 3 is 2.29 bits per heavy atom. The third-order valence-electron chi connectivity index (χ3n) is 3.56. The quantitative estimate of drug-likeness (QED) is 0.393. The molecule has 0 aliphatic rings. The molecule has 0 atom stereocenters. The van der Waals surface area contributed by atoms with Crippen molar-refractivity contribution in [2.24, 2.45) is 0 Å². The minimum atomic E-state index is -0.588. The van der Waals surface area contributed by atoms with Gasteiger partial charge >= 0.3 is 6.09 Å². The number of nitrogens with one attached hydrogen (secondary N) is 2. The van der Waals surface area contributed by atoms with Crippen molar-refractivity contribution in [3.8, 4) is 24.7 Å². The van der Waals surface area contributed by atoms with Gasteiger partial charge in [0.15, 0.2) is 0 Å². The van der Waals surface area contributed by atoms with E-state index in [1.807, 2.05) is 34.6 Å². The van der Waals surface area contributed by atoms with Gasteiger partial charge in [0, 0.05) is 32.8 Å². The van der Waals surface area contributed by atoms with Gasteiger partial charge in [-0.2, -0.15) is 0 Å². The maximum Gasteiger partial charge on any atom is 0.410 e. The van der Waals surface area contributed by atoms with Gasteiger partial charge in [0.2, 0.25) is 5.91 Å². The number of aromatic nitrogens is 2. The molecule has 0 aliphatic heterocycles. The van der Waals surface area contributed by atoms with Crippen molar-refractivity contribution in [1.29, 1.82) is 0 Å². The lowest BCUT2D eigenvalue weighted by Crippen LogP contribution is -2.41.